The number of fused-ring (bicyclic) bond motifs is 1. The van der Waals surface area contributed by atoms with Crippen LogP contribution < -0.4 is 0 Å². The van der Waals surface area contributed by atoms with Crippen LogP contribution in [0.5, 0.6) is 0 Å². The van der Waals surface area contributed by atoms with E-state index < -0.39 is 0 Å². The van der Waals surface area contributed by atoms with Gasteiger partial charge in [-0.15, -0.1) is 10.2 Å². The van der Waals surface area contributed by atoms with Gasteiger partial charge in [0, 0.05) is 18.7 Å². The fourth-order valence-electron chi connectivity index (χ4n) is 3.69. The van der Waals surface area contributed by atoms with Gasteiger partial charge in [0.1, 0.15) is 0 Å². The molecule has 0 saturated heterocycles. The van der Waals surface area contributed by atoms with Gasteiger partial charge < -0.3 is 9.32 Å². The normalized spacial score (nSPS) is 15.1. The first-order valence-corrected chi connectivity index (χ1v) is 10.4. The van der Waals surface area contributed by atoms with Crippen LogP contribution in [0.1, 0.15) is 32.1 Å². The number of amides is 1. The monoisotopic (exact) mass is 381 g/mol. The SMILES string of the molecule is CN(C(=O)CSc1nnc(-c2cccc3ccccc23)o1)C1CCCCC1. The first kappa shape index (κ1) is 18.0. The van der Waals surface area contributed by atoms with Gasteiger partial charge in [0.2, 0.25) is 11.8 Å². The van der Waals surface area contributed by atoms with E-state index in [-0.39, 0.29) is 5.91 Å². The van der Waals surface area contributed by atoms with Crippen molar-refractivity contribution in [1.29, 1.82) is 0 Å². The molecule has 4 rings (SSSR count). The van der Waals surface area contributed by atoms with Crippen molar-refractivity contribution in [3.05, 3.63) is 42.5 Å². The van der Waals surface area contributed by atoms with Crippen molar-refractivity contribution in [3.63, 3.8) is 0 Å². The number of carbonyl (C=O) groups excluding carboxylic acids is 1. The molecular formula is C21H23N3O2S. The second kappa shape index (κ2) is 8.13. The van der Waals surface area contributed by atoms with Crippen molar-refractivity contribution < 1.29 is 9.21 Å². The van der Waals surface area contributed by atoms with E-state index in [0.29, 0.717) is 22.9 Å². The lowest BCUT2D eigenvalue weighted by Crippen LogP contribution is -2.39. The minimum absolute atomic E-state index is 0.122. The van der Waals surface area contributed by atoms with E-state index in [4.69, 9.17) is 4.42 Å². The summed E-state index contributed by atoms with van der Waals surface area (Å²) in [5.74, 6) is 0.934. The van der Waals surface area contributed by atoms with Gasteiger partial charge in [0.15, 0.2) is 0 Å². The molecule has 27 heavy (non-hydrogen) atoms. The second-order valence-electron chi connectivity index (χ2n) is 6.98. The van der Waals surface area contributed by atoms with Gasteiger partial charge >= 0.3 is 0 Å². The van der Waals surface area contributed by atoms with Crippen LogP contribution in [-0.2, 0) is 4.79 Å². The third-order valence-corrected chi connectivity index (χ3v) is 6.06. The van der Waals surface area contributed by atoms with Gasteiger partial charge in [0.25, 0.3) is 5.22 Å². The maximum atomic E-state index is 12.5. The zero-order chi connectivity index (χ0) is 18.6. The predicted octanol–water partition coefficient (Wildman–Crippen LogP) is 4.77. The van der Waals surface area contributed by atoms with Crippen LogP contribution in [0.4, 0.5) is 0 Å². The van der Waals surface area contributed by atoms with Gasteiger partial charge in [-0.3, -0.25) is 4.79 Å². The van der Waals surface area contributed by atoms with Crippen LogP contribution in [0.15, 0.2) is 52.1 Å². The number of benzene rings is 2. The minimum Gasteiger partial charge on any atom is -0.411 e. The highest BCUT2D eigenvalue weighted by Crippen LogP contribution is 2.30. The lowest BCUT2D eigenvalue weighted by atomic mass is 9.94. The summed E-state index contributed by atoms with van der Waals surface area (Å²) in [5.41, 5.74) is 0.915. The molecule has 140 valence electrons. The van der Waals surface area contributed by atoms with Crippen LogP contribution in [0.3, 0.4) is 0 Å². The number of rotatable bonds is 5. The molecule has 0 atom stereocenters. The molecule has 0 N–H and O–H groups in total. The van der Waals surface area contributed by atoms with Crippen LogP contribution in [0, 0.1) is 0 Å². The molecule has 1 amide bonds. The predicted molar refractivity (Wildman–Crippen MR) is 108 cm³/mol. The van der Waals surface area contributed by atoms with Crippen molar-refractivity contribution in [1.82, 2.24) is 15.1 Å². The highest BCUT2D eigenvalue weighted by Gasteiger charge is 2.22. The zero-order valence-corrected chi connectivity index (χ0v) is 16.2. The summed E-state index contributed by atoms with van der Waals surface area (Å²) in [5, 5.41) is 10.9. The Hall–Kier alpha value is -2.34. The highest BCUT2D eigenvalue weighted by atomic mass is 32.2. The Balaban J connectivity index is 1.43. The van der Waals surface area contributed by atoms with Crippen molar-refractivity contribution >= 4 is 28.4 Å². The fraction of sp³-hybridized carbons (Fsp3) is 0.381. The topological polar surface area (TPSA) is 59.2 Å². The summed E-state index contributed by atoms with van der Waals surface area (Å²) in [6, 6.07) is 14.5. The van der Waals surface area contributed by atoms with Crippen LogP contribution in [0.2, 0.25) is 0 Å². The molecule has 3 aromatic rings. The average molecular weight is 382 g/mol. The molecule has 0 radical (unpaired) electrons. The Morgan fingerprint density at radius 3 is 2.74 bits per heavy atom. The van der Waals surface area contributed by atoms with E-state index in [9.17, 15) is 4.79 Å². The highest BCUT2D eigenvalue weighted by molar-refractivity contribution is 7.99. The molecule has 0 bridgehead atoms. The summed E-state index contributed by atoms with van der Waals surface area (Å²) in [4.78, 5) is 14.4. The number of nitrogens with zero attached hydrogens (tertiary/aromatic N) is 3. The quantitative estimate of drug-likeness (QED) is 0.596. The Morgan fingerprint density at radius 2 is 1.89 bits per heavy atom. The van der Waals surface area contributed by atoms with Crippen LogP contribution in [0.25, 0.3) is 22.2 Å². The Bertz CT molecular complexity index is 929. The number of hydrogen-bond donors (Lipinski definition) is 0. The molecule has 5 nitrogen and oxygen atoms in total. The molecule has 1 fully saturated rings. The lowest BCUT2D eigenvalue weighted by molar-refractivity contribution is -0.129. The van der Waals surface area contributed by atoms with Gasteiger partial charge in [-0.05, 0) is 29.7 Å². The molecule has 1 heterocycles. The molecule has 2 aromatic carbocycles. The van der Waals surface area contributed by atoms with E-state index in [0.717, 1.165) is 29.2 Å². The molecule has 1 aliphatic carbocycles. The maximum Gasteiger partial charge on any atom is 0.277 e. The molecule has 0 spiro atoms. The van der Waals surface area contributed by atoms with Crippen molar-refractivity contribution in [2.24, 2.45) is 0 Å². The Labute approximate surface area is 163 Å². The molecule has 1 aliphatic rings. The van der Waals surface area contributed by atoms with E-state index in [2.05, 4.69) is 22.3 Å². The average Bonchev–Trinajstić information content (AvgIpc) is 3.20. The molecule has 0 aliphatic heterocycles. The summed E-state index contributed by atoms with van der Waals surface area (Å²) >= 11 is 1.31. The number of aromatic nitrogens is 2. The minimum atomic E-state index is 0.122. The third kappa shape index (κ3) is 4.00. The van der Waals surface area contributed by atoms with Gasteiger partial charge in [-0.25, -0.2) is 0 Å². The molecular weight excluding hydrogens is 358 g/mol. The molecule has 1 aromatic heterocycles. The third-order valence-electron chi connectivity index (χ3n) is 5.26. The summed E-state index contributed by atoms with van der Waals surface area (Å²) in [7, 11) is 1.91. The van der Waals surface area contributed by atoms with Crippen molar-refractivity contribution in [2.75, 3.05) is 12.8 Å². The smallest absolute Gasteiger partial charge is 0.277 e. The Kier molecular flexibility index (Phi) is 5.43. The van der Waals surface area contributed by atoms with Gasteiger partial charge in [-0.2, -0.15) is 0 Å². The summed E-state index contributed by atoms with van der Waals surface area (Å²) in [6.07, 6.45) is 5.94. The zero-order valence-electron chi connectivity index (χ0n) is 15.4. The maximum absolute atomic E-state index is 12.5. The summed E-state index contributed by atoms with van der Waals surface area (Å²) < 4.78 is 5.82. The first-order valence-electron chi connectivity index (χ1n) is 9.42. The number of carbonyl (C=O) groups is 1. The van der Waals surface area contributed by atoms with E-state index in [1.807, 2.05) is 42.3 Å². The number of thioether (sulfide) groups is 1. The number of hydrogen-bond acceptors (Lipinski definition) is 5. The standard InChI is InChI=1S/C21H23N3O2S/c1-24(16-10-3-2-4-11-16)19(25)14-27-21-23-22-20(26-21)18-13-7-9-15-8-5-6-12-17(15)18/h5-9,12-13,16H,2-4,10-11,14H2,1H3. The van der Waals surface area contributed by atoms with E-state index >= 15 is 0 Å². The van der Waals surface area contributed by atoms with E-state index in [1.54, 1.807) is 0 Å². The van der Waals surface area contributed by atoms with Gasteiger partial charge in [0.05, 0.1) is 5.75 Å². The van der Waals surface area contributed by atoms with E-state index in [1.165, 1.54) is 31.0 Å². The van der Waals surface area contributed by atoms with Gasteiger partial charge in [-0.1, -0.05) is 67.4 Å². The van der Waals surface area contributed by atoms with Crippen LogP contribution in [-0.4, -0.2) is 39.8 Å². The Morgan fingerprint density at radius 1 is 1.11 bits per heavy atom. The molecule has 1 saturated carbocycles. The molecule has 6 heteroatoms. The van der Waals surface area contributed by atoms with Crippen molar-refractivity contribution in [3.8, 4) is 11.5 Å². The molecule has 0 unspecified atom stereocenters. The van der Waals surface area contributed by atoms with Crippen LogP contribution >= 0.6 is 11.8 Å². The largest absolute Gasteiger partial charge is 0.411 e. The summed E-state index contributed by atoms with van der Waals surface area (Å²) in [6.45, 7) is 0. The lowest BCUT2D eigenvalue weighted by Gasteiger charge is -2.31. The fourth-order valence-corrected chi connectivity index (χ4v) is 4.37. The first-order chi connectivity index (χ1) is 13.2. The second-order valence-corrected chi connectivity index (χ2v) is 7.91. The van der Waals surface area contributed by atoms with Crippen molar-refractivity contribution in [2.45, 2.75) is 43.4 Å².